The van der Waals surface area contributed by atoms with Crippen molar-refractivity contribution in [3.63, 3.8) is 0 Å². The van der Waals surface area contributed by atoms with Gasteiger partial charge >= 0.3 is 0 Å². The highest BCUT2D eigenvalue weighted by Gasteiger charge is 2.15. The number of hydrogen-bond donors (Lipinski definition) is 0. The van der Waals surface area contributed by atoms with Crippen molar-refractivity contribution in [2.24, 2.45) is 0 Å². The molecular weight excluding hydrogens is 1010 g/mol. The zero-order chi connectivity index (χ0) is 59.6. The Hall–Kier alpha value is -1.20. The molecule has 2 unspecified atom stereocenters. The standard InChI is InChI=1S/C79H152O4/c1-5-9-13-17-21-25-29-33-37-41-45-49-53-57-61-65-72-80-76-78(82-74-67-63-59-55-51-47-43-39-35-31-27-23-19-15-11-7-3)70-69-71-79(83-75-68-64-60-56-52-48-44-40-36-32-28-24-20-16-12-8-4)77-81-73-66-62-58-54-50-46-42-38-34-30-26-22-18-14-10-6-2/h33-40,78-79H,5-32,41-77H2,1-4H3/b37-33-,38-34-,39-35-,40-36-. The highest BCUT2D eigenvalue weighted by Crippen LogP contribution is 2.18. The maximum atomic E-state index is 6.66. The average molecular weight is 1170 g/mol. The zero-order valence-electron chi connectivity index (χ0n) is 57.4. The molecule has 0 bridgehead atoms. The predicted octanol–water partition coefficient (Wildman–Crippen LogP) is 27.1. The van der Waals surface area contributed by atoms with Gasteiger partial charge in [0.1, 0.15) is 0 Å². The fraction of sp³-hybridized carbons (Fsp3) is 0.899. The normalized spacial score (nSPS) is 13.0. The van der Waals surface area contributed by atoms with Crippen LogP contribution in [0.5, 0.6) is 0 Å². The van der Waals surface area contributed by atoms with Crippen molar-refractivity contribution in [2.45, 2.75) is 419 Å². The van der Waals surface area contributed by atoms with Crippen molar-refractivity contribution in [3.8, 4) is 0 Å². The second kappa shape index (κ2) is 76.9. The van der Waals surface area contributed by atoms with E-state index in [1.807, 2.05) is 0 Å². The third kappa shape index (κ3) is 73.2. The lowest BCUT2D eigenvalue weighted by Crippen LogP contribution is -2.24. The van der Waals surface area contributed by atoms with Crippen LogP contribution in [0.3, 0.4) is 0 Å². The van der Waals surface area contributed by atoms with Crippen molar-refractivity contribution >= 4 is 0 Å². The van der Waals surface area contributed by atoms with E-state index < -0.39 is 0 Å². The van der Waals surface area contributed by atoms with Gasteiger partial charge in [0, 0.05) is 26.4 Å². The van der Waals surface area contributed by atoms with Gasteiger partial charge in [-0.1, -0.05) is 307 Å². The second-order valence-electron chi connectivity index (χ2n) is 25.8. The molecule has 83 heavy (non-hydrogen) atoms. The first-order valence-electron chi connectivity index (χ1n) is 38.3. The summed E-state index contributed by atoms with van der Waals surface area (Å²) in [6, 6.07) is 0. The van der Waals surface area contributed by atoms with E-state index in [1.165, 1.54) is 347 Å². The fourth-order valence-electron chi connectivity index (χ4n) is 11.5. The van der Waals surface area contributed by atoms with Crippen LogP contribution in [0.2, 0.25) is 0 Å². The molecule has 0 aromatic heterocycles. The Balaban J connectivity index is 4.91. The summed E-state index contributed by atoms with van der Waals surface area (Å²) in [6.45, 7) is 14.1. The van der Waals surface area contributed by atoms with Crippen molar-refractivity contribution in [2.75, 3.05) is 39.6 Å². The largest absolute Gasteiger partial charge is 0.379 e. The molecule has 0 aromatic rings. The second-order valence-corrected chi connectivity index (χ2v) is 25.8. The molecule has 0 aliphatic carbocycles. The first kappa shape index (κ1) is 81.8. The third-order valence-corrected chi connectivity index (χ3v) is 17.3. The van der Waals surface area contributed by atoms with E-state index >= 15 is 0 Å². The Morgan fingerprint density at radius 1 is 0.193 bits per heavy atom. The molecule has 492 valence electrons. The summed E-state index contributed by atoms with van der Waals surface area (Å²) in [5, 5.41) is 0. The average Bonchev–Trinajstić information content (AvgIpc) is 3.49. The minimum Gasteiger partial charge on any atom is -0.379 e. The molecule has 0 aromatic carbocycles. The Morgan fingerprint density at radius 2 is 0.373 bits per heavy atom. The van der Waals surface area contributed by atoms with Crippen LogP contribution in [-0.4, -0.2) is 51.8 Å². The molecule has 0 saturated heterocycles. The maximum absolute atomic E-state index is 6.66. The van der Waals surface area contributed by atoms with Crippen LogP contribution in [0.1, 0.15) is 407 Å². The Bertz CT molecular complexity index is 1160. The number of rotatable bonds is 74. The van der Waals surface area contributed by atoms with Crippen LogP contribution >= 0.6 is 0 Å². The van der Waals surface area contributed by atoms with E-state index in [0.29, 0.717) is 0 Å². The lowest BCUT2D eigenvalue weighted by Gasteiger charge is -2.21. The Labute approximate surface area is 523 Å². The zero-order valence-corrected chi connectivity index (χ0v) is 57.4. The number of allylic oxidation sites excluding steroid dienone is 8. The van der Waals surface area contributed by atoms with Gasteiger partial charge < -0.3 is 18.9 Å². The highest BCUT2D eigenvalue weighted by molar-refractivity contribution is 4.83. The minimum absolute atomic E-state index is 0.172. The first-order valence-corrected chi connectivity index (χ1v) is 38.3. The van der Waals surface area contributed by atoms with Gasteiger partial charge in [0.15, 0.2) is 0 Å². The molecule has 0 aliphatic heterocycles. The highest BCUT2D eigenvalue weighted by atomic mass is 16.5. The number of unbranched alkanes of at least 4 members (excludes halogenated alkanes) is 48. The molecule has 0 radical (unpaired) electrons. The topological polar surface area (TPSA) is 36.9 Å². The summed E-state index contributed by atoms with van der Waals surface area (Å²) in [5.41, 5.74) is 0. The van der Waals surface area contributed by atoms with Crippen molar-refractivity contribution in [3.05, 3.63) is 48.6 Å². The SMILES string of the molecule is CCCCCCCC/C=C\CCCCCCCCOCC(CCCC(COCCCCCCCC/C=C\CCCCCCCC)OCCCCCCCC/C=C\CCCCCCCC)OCCCCCCCC/C=C\CCCCCCCC. The quantitative estimate of drug-likeness (QED) is 0.0449. The summed E-state index contributed by atoms with van der Waals surface area (Å²) < 4.78 is 26.1. The first-order chi connectivity index (χ1) is 41.3. The van der Waals surface area contributed by atoms with Crippen molar-refractivity contribution < 1.29 is 18.9 Å². The van der Waals surface area contributed by atoms with Gasteiger partial charge in [-0.15, -0.1) is 0 Å². The minimum atomic E-state index is 0.172. The molecular formula is C79H152O4. The van der Waals surface area contributed by atoms with Crippen molar-refractivity contribution in [1.82, 2.24) is 0 Å². The van der Waals surface area contributed by atoms with E-state index in [4.69, 9.17) is 18.9 Å². The summed E-state index contributed by atoms with van der Waals surface area (Å²) in [6.07, 6.45) is 98.0. The van der Waals surface area contributed by atoms with Crippen LogP contribution in [0.15, 0.2) is 48.6 Å². The van der Waals surface area contributed by atoms with Gasteiger partial charge in [0.05, 0.1) is 25.4 Å². The maximum Gasteiger partial charge on any atom is 0.0808 e. The number of ether oxygens (including phenoxy) is 4. The molecule has 0 fully saturated rings. The van der Waals surface area contributed by atoms with Gasteiger partial charge in [0.25, 0.3) is 0 Å². The van der Waals surface area contributed by atoms with E-state index in [1.54, 1.807) is 0 Å². The lowest BCUT2D eigenvalue weighted by molar-refractivity contribution is -0.0369. The van der Waals surface area contributed by atoms with Gasteiger partial charge in [-0.25, -0.2) is 0 Å². The molecule has 0 N–H and O–H groups in total. The number of hydrogen-bond acceptors (Lipinski definition) is 4. The smallest absolute Gasteiger partial charge is 0.0808 e. The lowest BCUT2D eigenvalue weighted by atomic mass is 10.1. The molecule has 0 aliphatic rings. The Kier molecular flexibility index (Phi) is 75.8. The van der Waals surface area contributed by atoms with Crippen LogP contribution in [-0.2, 0) is 18.9 Å². The summed E-state index contributed by atoms with van der Waals surface area (Å²) in [5.74, 6) is 0. The van der Waals surface area contributed by atoms with E-state index in [2.05, 4.69) is 76.3 Å². The van der Waals surface area contributed by atoms with Crippen molar-refractivity contribution in [1.29, 1.82) is 0 Å². The summed E-state index contributed by atoms with van der Waals surface area (Å²) >= 11 is 0. The van der Waals surface area contributed by atoms with Gasteiger partial charge in [-0.05, 0) is 148 Å². The monoisotopic (exact) mass is 1170 g/mol. The molecule has 4 nitrogen and oxygen atoms in total. The molecule has 0 saturated carbocycles. The third-order valence-electron chi connectivity index (χ3n) is 17.3. The molecule has 0 spiro atoms. The van der Waals surface area contributed by atoms with E-state index in [9.17, 15) is 0 Å². The van der Waals surface area contributed by atoms with Crippen LogP contribution in [0, 0.1) is 0 Å². The Morgan fingerprint density at radius 3 is 0.590 bits per heavy atom. The van der Waals surface area contributed by atoms with Crippen LogP contribution in [0.4, 0.5) is 0 Å². The fourth-order valence-corrected chi connectivity index (χ4v) is 11.5. The molecule has 0 amide bonds. The summed E-state index contributed by atoms with van der Waals surface area (Å²) in [7, 11) is 0. The molecule has 0 rings (SSSR count). The van der Waals surface area contributed by atoms with Gasteiger partial charge in [-0.2, -0.15) is 0 Å². The van der Waals surface area contributed by atoms with Gasteiger partial charge in [-0.3, -0.25) is 0 Å². The van der Waals surface area contributed by atoms with Gasteiger partial charge in [0.2, 0.25) is 0 Å². The molecule has 0 heterocycles. The van der Waals surface area contributed by atoms with Crippen LogP contribution < -0.4 is 0 Å². The summed E-state index contributed by atoms with van der Waals surface area (Å²) in [4.78, 5) is 0. The van der Waals surface area contributed by atoms with Crippen LogP contribution in [0.25, 0.3) is 0 Å². The molecule has 4 heteroatoms. The molecule has 2 atom stereocenters. The van der Waals surface area contributed by atoms with E-state index in [-0.39, 0.29) is 12.2 Å². The predicted molar refractivity (Wildman–Crippen MR) is 373 cm³/mol. The van der Waals surface area contributed by atoms with E-state index in [0.717, 1.165) is 71.7 Å².